The average Bonchev–Trinajstić information content (AvgIpc) is 2.87. The summed E-state index contributed by atoms with van der Waals surface area (Å²) in [5.74, 6) is 1.10. The number of aryl methyl sites for hydroxylation is 1. The van der Waals surface area contributed by atoms with Crippen molar-refractivity contribution >= 4 is 17.7 Å². The van der Waals surface area contributed by atoms with E-state index in [1.807, 2.05) is 71.0 Å². The molecule has 0 unspecified atom stereocenters. The summed E-state index contributed by atoms with van der Waals surface area (Å²) >= 11 is 0. The van der Waals surface area contributed by atoms with Gasteiger partial charge in [-0.2, -0.15) is 4.98 Å². The zero-order chi connectivity index (χ0) is 25.8. The number of anilines is 2. The Morgan fingerprint density at radius 3 is 2.38 bits per heavy atom. The minimum Gasteiger partial charge on any atom is -0.476 e. The molecule has 34 heavy (non-hydrogen) atoms. The van der Waals surface area contributed by atoms with E-state index in [-0.39, 0.29) is 0 Å². The Morgan fingerprint density at radius 1 is 1.15 bits per heavy atom. The van der Waals surface area contributed by atoms with E-state index in [1.54, 1.807) is 0 Å². The molecular formula is C27H47N5O2. The van der Waals surface area contributed by atoms with Gasteiger partial charge in [0.1, 0.15) is 12.4 Å². The van der Waals surface area contributed by atoms with E-state index in [9.17, 15) is 0 Å². The molecule has 0 spiro atoms. The van der Waals surface area contributed by atoms with Gasteiger partial charge in [0.15, 0.2) is 0 Å². The molecule has 3 N–H and O–H groups in total. The molecule has 1 aromatic carbocycles. The number of morpholine rings is 1. The number of nitrogens with two attached hydrogens (primary N) is 1. The van der Waals surface area contributed by atoms with Crippen LogP contribution in [0.5, 0.6) is 5.88 Å². The van der Waals surface area contributed by atoms with Crippen molar-refractivity contribution in [3.63, 3.8) is 0 Å². The van der Waals surface area contributed by atoms with Crippen molar-refractivity contribution < 1.29 is 9.47 Å². The molecule has 1 aliphatic heterocycles. The van der Waals surface area contributed by atoms with E-state index >= 15 is 0 Å². The minimum absolute atomic E-state index is 0.497. The molecular weight excluding hydrogens is 426 g/mol. The Morgan fingerprint density at radius 2 is 1.82 bits per heavy atom. The smallest absolute Gasteiger partial charge is 0.217 e. The highest BCUT2D eigenvalue weighted by molar-refractivity contribution is 5.76. The summed E-state index contributed by atoms with van der Waals surface area (Å²) in [5, 5.41) is 6.92. The first-order valence-corrected chi connectivity index (χ1v) is 12.5. The van der Waals surface area contributed by atoms with Crippen LogP contribution in [0.1, 0.15) is 52.2 Å². The number of nitrogens with zero attached hydrogens (tertiary/aromatic N) is 3. The molecule has 1 aromatic heterocycles. The molecule has 192 valence electrons. The first kappa shape index (κ1) is 31.4. The second-order valence-corrected chi connectivity index (χ2v) is 7.37. The monoisotopic (exact) mass is 473 g/mol. The van der Waals surface area contributed by atoms with Gasteiger partial charge in [0.05, 0.1) is 13.2 Å². The molecule has 7 nitrogen and oxygen atoms in total. The summed E-state index contributed by atoms with van der Waals surface area (Å²) in [5.41, 5.74) is 9.08. The van der Waals surface area contributed by atoms with Gasteiger partial charge in [0.2, 0.25) is 5.88 Å². The number of benzene rings is 1. The number of aromatic nitrogens is 1. The van der Waals surface area contributed by atoms with Crippen LogP contribution in [-0.2, 0) is 4.74 Å². The quantitative estimate of drug-likeness (QED) is 0.508. The van der Waals surface area contributed by atoms with Crippen LogP contribution in [0.2, 0.25) is 0 Å². The average molecular weight is 474 g/mol. The third-order valence-corrected chi connectivity index (χ3v) is 4.78. The van der Waals surface area contributed by atoms with Gasteiger partial charge in [0.25, 0.3) is 0 Å². The lowest BCUT2D eigenvalue weighted by Gasteiger charge is -2.26. The van der Waals surface area contributed by atoms with Crippen LogP contribution in [0, 0.1) is 12.3 Å². The fourth-order valence-electron chi connectivity index (χ4n) is 3.13. The van der Waals surface area contributed by atoms with Crippen LogP contribution in [0.3, 0.4) is 0 Å². The van der Waals surface area contributed by atoms with Crippen molar-refractivity contribution in [3.8, 4) is 5.88 Å². The Balaban J connectivity index is 0.000000698. The molecule has 2 heterocycles. The summed E-state index contributed by atoms with van der Waals surface area (Å²) in [6.07, 6.45) is 2.44. The zero-order valence-corrected chi connectivity index (χ0v) is 22.4. The fraction of sp³-hybridized carbons (Fsp3) is 0.556. The zero-order valence-electron chi connectivity index (χ0n) is 22.4. The summed E-state index contributed by atoms with van der Waals surface area (Å²) in [4.78, 5) is 8.74. The predicted octanol–water partition coefficient (Wildman–Crippen LogP) is 5.27. The van der Waals surface area contributed by atoms with Crippen LogP contribution >= 0.6 is 0 Å². The first-order valence-electron chi connectivity index (χ1n) is 12.5. The highest BCUT2D eigenvalue weighted by Gasteiger charge is 2.11. The summed E-state index contributed by atoms with van der Waals surface area (Å²) in [6.45, 7) is 18.2. The third kappa shape index (κ3) is 13.2. The van der Waals surface area contributed by atoms with Crippen LogP contribution in [0.4, 0.5) is 11.5 Å². The van der Waals surface area contributed by atoms with Gasteiger partial charge in [-0.3, -0.25) is 4.90 Å². The Hall–Kier alpha value is -2.64. The number of ether oxygens (including phenoxy) is 2. The largest absolute Gasteiger partial charge is 0.476 e. The first-order chi connectivity index (χ1) is 16.5. The maximum absolute atomic E-state index is 6.92. The van der Waals surface area contributed by atoms with Crippen LogP contribution in [-0.4, -0.2) is 69.1 Å². The maximum Gasteiger partial charge on any atom is 0.217 e. The van der Waals surface area contributed by atoms with Crippen molar-refractivity contribution in [2.75, 3.05) is 63.7 Å². The molecule has 7 heteroatoms. The topological polar surface area (TPSA) is 87.7 Å². The van der Waals surface area contributed by atoms with Crippen molar-refractivity contribution in [1.29, 1.82) is 5.41 Å². The highest BCUT2D eigenvalue weighted by atomic mass is 16.5. The van der Waals surface area contributed by atoms with E-state index < -0.39 is 0 Å². The van der Waals surface area contributed by atoms with Gasteiger partial charge in [-0.1, -0.05) is 64.4 Å². The van der Waals surface area contributed by atoms with Crippen LogP contribution in [0.25, 0.3) is 0 Å². The van der Waals surface area contributed by atoms with Crippen LogP contribution < -0.4 is 15.4 Å². The summed E-state index contributed by atoms with van der Waals surface area (Å²) in [7, 11) is 2.05. The van der Waals surface area contributed by atoms with E-state index in [1.165, 1.54) is 11.8 Å². The summed E-state index contributed by atoms with van der Waals surface area (Å²) < 4.78 is 11.1. The Kier molecular flexibility index (Phi) is 18.3. The number of hydrogen-bond donors (Lipinski definition) is 2. The molecule has 1 fully saturated rings. The van der Waals surface area contributed by atoms with Gasteiger partial charge in [-0.25, -0.2) is 0 Å². The van der Waals surface area contributed by atoms with Gasteiger partial charge in [0, 0.05) is 57.3 Å². The highest BCUT2D eigenvalue weighted by Crippen LogP contribution is 2.21. The number of nitrogen functional groups attached to an aromatic ring is 1. The normalized spacial score (nSPS) is 12.6. The Bertz CT molecular complexity index is 779. The minimum atomic E-state index is 0.497. The maximum atomic E-state index is 6.92. The van der Waals surface area contributed by atoms with Gasteiger partial charge in [-0.05, 0) is 18.9 Å². The molecule has 0 atom stereocenters. The molecule has 1 saturated heterocycles. The molecule has 1 aliphatic rings. The van der Waals surface area contributed by atoms with E-state index in [2.05, 4.69) is 28.8 Å². The molecule has 2 aromatic rings. The molecule has 0 bridgehead atoms. The lowest BCUT2D eigenvalue weighted by atomic mass is 10.2. The van der Waals surface area contributed by atoms with E-state index in [4.69, 9.17) is 20.6 Å². The van der Waals surface area contributed by atoms with Gasteiger partial charge < -0.3 is 25.5 Å². The lowest BCUT2D eigenvalue weighted by Crippen LogP contribution is -2.38. The Labute approximate surface area is 207 Å². The van der Waals surface area contributed by atoms with Gasteiger partial charge >= 0.3 is 0 Å². The third-order valence-electron chi connectivity index (χ3n) is 4.78. The second-order valence-electron chi connectivity index (χ2n) is 7.37. The molecule has 0 radical (unpaired) electrons. The van der Waals surface area contributed by atoms with Crippen molar-refractivity contribution in [2.24, 2.45) is 0 Å². The molecule has 0 saturated carbocycles. The number of nitrogens with one attached hydrogen (secondary N) is 1. The predicted molar refractivity (Wildman–Crippen MR) is 147 cm³/mol. The van der Waals surface area contributed by atoms with Crippen molar-refractivity contribution in [2.45, 2.75) is 48.0 Å². The number of pyridine rings is 1. The van der Waals surface area contributed by atoms with E-state index in [0.29, 0.717) is 18.3 Å². The van der Waals surface area contributed by atoms with Crippen LogP contribution in [0.15, 0.2) is 36.4 Å². The SMILES string of the molecule is CC.CC.CCCN(C)c1cc(N)nc(OCCN2CCOCC2)c1.Cc1cccc(C=N)c1. The number of hydrogen-bond acceptors (Lipinski definition) is 7. The summed E-state index contributed by atoms with van der Waals surface area (Å²) in [6, 6.07) is 11.7. The molecule has 3 rings (SSSR count). The fourth-order valence-corrected chi connectivity index (χ4v) is 3.13. The lowest BCUT2D eigenvalue weighted by molar-refractivity contribution is 0.0320. The van der Waals surface area contributed by atoms with Gasteiger partial charge in [-0.15, -0.1) is 0 Å². The standard InChI is InChI=1S/C15H26N4O2.C8H9N.2C2H6/c1-3-4-18(2)13-11-14(16)17-15(12-13)21-10-7-19-5-8-20-9-6-19;1-7-3-2-4-8(5-7)6-9;2*1-2/h11-12H,3-10H2,1-2H3,(H2,16,17);2-6,9H,1H3;2*1-2H3. The second kappa shape index (κ2) is 19.8. The number of rotatable bonds is 8. The van der Waals surface area contributed by atoms with E-state index in [0.717, 1.165) is 57.1 Å². The van der Waals surface area contributed by atoms with Crippen molar-refractivity contribution in [1.82, 2.24) is 9.88 Å². The molecule has 0 aliphatic carbocycles. The van der Waals surface area contributed by atoms with Crippen molar-refractivity contribution in [3.05, 3.63) is 47.5 Å². The molecule has 0 amide bonds.